The van der Waals surface area contributed by atoms with E-state index in [0.717, 1.165) is 34.6 Å². The zero-order valence-corrected chi connectivity index (χ0v) is 36.3. The fourth-order valence-corrected chi connectivity index (χ4v) is 9.55. The number of nitrogens with one attached hydrogen (secondary N) is 2. The standard InChI is InChI=1S/C31H48N7O18P3S/c1-16-10-18(39)17(31(16,4)5)11-21(41)60-9-8-33-20(40)6-7-34-28(44)25(43)30(2,3)13-53-59(50,51)56-58(48,49)52-12-19-24(55-57(45,46)47)23(42)29(54-19)38-15-37-22-26(32)35-14-36-27(22)38/h10,14-15,17,19,23-25,29,42-43H,6-9,11-13H2,1-5H3,(H,33,40)(H,34,44)(H,48,49)(H,50,51)(H2,32,35,36)(H2,45,46,47)/t17?,19-,23-,24-,25+,29-/m1/s1. The molecule has 2 aliphatic rings. The Balaban J connectivity index is 1.20. The number of rotatable bonds is 21. The van der Waals surface area contributed by atoms with Crippen LogP contribution in [0.3, 0.4) is 0 Å². The van der Waals surface area contributed by atoms with Crippen LogP contribution in [0.5, 0.6) is 0 Å². The van der Waals surface area contributed by atoms with Crippen LogP contribution >= 0.6 is 35.2 Å². The summed E-state index contributed by atoms with van der Waals surface area (Å²) in [4.78, 5) is 101. The van der Waals surface area contributed by atoms with Crippen molar-refractivity contribution >= 4 is 74.9 Å². The van der Waals surface area contributed by atoms with E-state index >= 15 is 0 Å². The van der Waals surface area contributed by atoms with Crippen molar-refractivity contribution in [2.24, 2.45) is 16.7 Å². The molecular formula is C31H48N7O18P3S. The average Bonchev–Trinajstić information content (AvgIpc) is 3.75. The number of aliphatic hydroxyl groups excluding tert-OH is 2. The van der Waals surface area contributed by atoms with Gasteiger partial charge in [-0.3, -0.25) is 37.3 Å². The Labute approximate surface area is 346 Å². The fraction of sp³-hybridized carbons (Fsp3) is 0.645. The van der Waals surface area contributed by atoms with Crippen LogP contribution in [0, 0.1) is 16.7 Å². The molecule has 29 heteroatoms. The number of nitrogens with two attached hydrogens (primary N) is 1. The molecule has 0 aromatic carbocycles. The first-order chi connectivity index (χ1) is 27.6. The number of phosphoric acid groups is 3. The number of nitrogens with zero attached hydrogens (tertiary/aromatic N) is 4. The second kappa shape index (κ2) is 19.6. The van der Waals surface area contributed by atoms with Gasteiger partial charge in [-0.25, -0.2) is 28.6 Å². The molecule has 60 heavy (non-hydrogen) atoms. The number of aromatic nitrogens is 4. The van der Waals surface area contributed by atoms with Crippen LogP contribution in [0.25, 0.3) is 11.2 Å². The highest BCUT2D eigenvalue weighted by Crippen LogP contribution is 2.61. The quantitative estimate of drug-likeness (QED) is 0.0597. The van der Waals surface area contributed by atoms with E-state index in [1.54, 1.807) is 6.08 Å². The fourth-order valence-electron chi connectivity index (χ4n) is 6.01. The number of imidazole rings is 1. The first kappa shape index (κ1) is 49.6. The van der Waals surface area contributed by atoms with Gasteiger partial charge in [0.25, 0.3) is 0 Å². The summed E-state index contributed by atoms with van der Waals surface area (Å²) in [5, 5.41) is 26.2. The number of ether oxygens (including phenoxy) is 1. The average molecular weight is 932 g/mol. The van der Waals surface area contributed by atoms with Gasteiger partial charge in [0.1, 0.15) is 36.3 Å². The first-order valence-corrected chi connectivity index (χ1v) is 23.4. The van der Waals surface area contributed by atoms with E-state index in [9.17, 15) is 62.7 Å². The lowest BCUT2D eigenvalue weighted by molar-refractivity contribution is -0.137. The molecule has 0 saturated carbocycles. The Morgan fingerprint density at radius 2 is 1.73 bits per heavy atom. The minimum absolute atomic E-state index is 0.0244. The number of phosphoric ester groups is 3. The Morgan fingerprint density at radius 3 is 2.37 bits per heavy atom. The van der Waals surface area contributed by atoms with Crippen molar-refractivity contribution in [1.82, 2.24) is 30.2 Å². The van der Waals surface area contributed by atoms with Gasteiger partial charge in [-0.1, -0.05) is 45.0 Å². The van der Waals surface area contributed by atoms with Crippen LogP contribution in [0.2, 0.25) is 0 Å². The molecule has 0 bridgehead atoms. The van der Waals surface area contributed by atoms with Gasteiger partial charge in [-0.15, -0.1) is 0 Å². The van der Waals surface area contributed by atoms with Gasteiger partial charge in [0.2, 0.25) is 11.8 Å². The zero-order valence-electron chi connectivity index (χ0n) is 32.8. The molecule has 25 nitrogen and oxygen atoms in total. The minimum atomic E-state index is -5.59. The summed E-state index contributed by atoms with van der Waals surface area (Å²) >= 11 is 0.986. The van der Waals surface area contributed by atoms with Crippen molar-refractivity contribution in [2.75, 3.05) is 37.8 Å². The highest BCUT2D eigenvalue weighted by atomic mass is 32.2. The first-order valence-electron chi connectivity index (χ1n) is 17.9. The number of carbonyl (C=O) groups excluding carboxylic acids is 4. The van der Waals surface area contributed by atoms with E-state index in [2.05, 4.69) is 34.4 Å². The number of anilines is 1. The van der Waals surface area contributed by atoms with Crippen molar-refractivity contribution < 1.29 is 85.3 Å². The molecule has 4 rings (SSSR count). The van der Waals surface area contributed by atoms with Gasteiger partial charge in [0, 0.05) is 43.0 Å². The summed E-state index contributed by atoms with van der Waals surface area (Å²) in [6.07, 6.45) is -5.40. The minimum Gasteiger partial charge on any atom is -0.386 e. The molecule has 2 aromatic heterocycles. The molecule has 3 heterocycles. The summed E-state index contributed by atoms with van der Waals surface area (Å²) in [7, 11) is -16.4. The third kappa shape index (κ3) is 13.0. The Hall–Kier alpha value is -3.03. The number of carbonyl (C=O) groups is 4. The van der Waals surface area contributed by atoms with Crippen LogP contribution in [-0.2, 0) is 55.5 Å². The summed E-state index contributed by atoms with van der Waals surface area (Å²) in [5.41, 5.74) is 4.73. The number of fused-ring (bicyclic) bond motifs is 1. The van der Waals surface area contributed by atoms with Crippen molar-refractivity contribution in [3.63, 3.8) is 0 Å². The second-order valence-electron chi connectivity index (χ2n) is 15.0. The highest BCUT2D eigenvalue weighted by Gasteiger charge is 2.50. The predicted molar refractivity (Wildman–Crippen MR) is 208 cm³/mol. The molecule has 3 unspecified atom stereocenters. The third-order valence-corrected chi connectivity index (χ3v) is 13.7. The van der Waals surface area contributed by atoms with Gasteiger partial charge in [-0.05, 0) is 18.4 Å². The molecule has 10 N–H and O–H groups in total. The van der Waals surface area contributed by atoms with Crippen molar-refractivity contribution in [2.45, 2.75) is 78.1 Å². The normalized spacial score (nSPS) is 24.4. The number of nitrogen functional groups attached to an aromatic ring is 1. The Kier molecular flexibility index (Phi) is 16.2. The zero-order chi connectivity index (χ0) is 45.0. The predicted octanol–water partition coefficient (Wildman–Crippen LogP) is 0.226. The molecule has 1 fully saturated rings. The molecule has 2 aromatic rings. The van der Waals surface area contributed by atoms with E-state index in [4.69, 9.17) is 19.5 Å². The smallest absolute Gasteiger partial charge is 0.386 e. The monoisotopic (exact) mass is 931 g/mol. The largest absolute Gasteiger partial charge is 0.481 e. The molecule has 0 radical (unpaired) electrons. The van der Waals surface area contributed by atoms with E-state index in [1.165, 1.54) is 13.8 Å². The maximum absolute atomic E-state index is 12.7. The van der Waals surface area contributed by atoms with Crippen molar-refractivity contribution in [3.05, 3.63) is 24.3 Å². The second-order valence-corrected chi connectivity index (χ2v) is 20.4. The van der Waals surface area contributed by atoms with E-state index in [0.29, 0.717) is 0 Å². The lowest BCUT2D eigenvalue weighted by Gasteiger charge is -2.30. The van der Waals surface area contributed by atoms with Crippen LogP contribution in [0.15, 0.2) is 24.3 Å². The molecule has 8 atom stereocenters. The Bertz CT molecular complexity index is 2110. The maximum Gasteiger partial charge on any atom is 0.481 e. The number of hydrogen-bond donors (Lipinski definition) is 9. The lowest BCUT2D eigenvalue weighted by Crippen LogP contribution is -2.46. The number of thioether (sulfide) groups is 1. The van der Waals surface area contributed by atoms with Gasteiger partial charge in [0.15, 0.2) is 28.6 Å². The SMILES string of the molecule is CC1=CC(=O)C(CC(=O)SCCNC(=O)CCNC(=O)[C@H](O)C(C)(C)COP(=O)(O)OP(=O)(O)OC[C@H]2O[C@@H](n3cnc4c(N)ncnc43)[C@H](O)[C@@H]2OP(=O)(O)O)C1(C)C. The van der Waals surface area contributed by atoms with Crippen LogP contribution < -0.4 is 16.4 Å². The number of hydrogen-bond acceptors (Lipinski definition) is 19. The summed E-state index contributed by atoms with van der Waals surface area (Å²) in [6.45, 7) is 6.00. The van der Waals surface area contributed by atoms with Gasteiger partial charge in [0.05, 0.1) is 19.5 Å². The summed E-state index contributed by atoms with van der Waals surface area (Å²) in [6, 6.07) is 0. The number of aliphatic hydroxyl groups is 2. The molecule has 336 valence electrons. The molecule has 0 spiro atoms. The van der Waals surface area contributed by atoms with Gasteiger partial charge < -0.3 is 50.9 Å². The summed E-state index contributed by atoms with van der Waals surface area (Å²) in [5.74, 6) is -1.80. The summed E-state index contributed by atoms with van der Waals surface area (Å²) < 4.78 is 62.2. The van der Waals surface area contributed by atoms with Gasteiger partial charge >= 0.3 is 23.5 Å². The molecular weight excluding hydrogens is 883 g/mol. The number of ketones is 1. The highest BCUT2D eigenvalue weighted by molar-refractivity contribution is 8.13. The van der Waals surface area contributed by atoms with E-state index < -0.39 is 95.9 Å². The van der Waals surface area contributed by atoms with Gasteiger partial charge in [-0.2, -0.15) is 4.31 Å². The van der Waals surface area contributed by atoms with Crippen LogP contribution in [0.4, 0.5) is 5.82 Å². The molecule has 2 amide bonds. The van der Waals surface area contributed by atoms with Crippen molar-refractivity contribution in [3.8, 4) is 0 Å². The lowest BCUT2D eigenvalue weighted by atomic mass is 9.76. The third-order valence-electron chi connectivity index (χ3n) is 9.73. The maximum atomic E-state index is 12.7. The molecule has 1 saturated heterocycles. The van der Waals surface area contributed by atoms with E-state index in [1.807, 2.05) is 20.8 Å². The number of allylic oxidation sites excluding steroid dienone is 2. The molecule has 1 aliphatic heterocycles. The van der Waals surface area contributed by atoms with Crippen LogP contribution in [0.1, 0.15) is 53.7 Å². The van der Waals surface area contributed by atoms with Crippen LogP contribution in [-0.4, -0.2) is 128 Å². The molecule has 1 aliphatic carbocycles. The van der Waals surface area contributed by atoms with Crippen molar-refractivity contribution in [1.29, 1.82) is 0 Å². The topological polar surface area (TPSA) is 381 Å². The Morgan fingerprint density at radius 1 is 1.07 bits per heavy atom. The van der Waals surface area contributed by atoms with E-state index in [-0.39, 0.29) is 59.6 Å². The number of amides is 2.